The highest BCUT2D eigenvalue weighted by atomic mass is 32.2. The van der Waals surface area contributed by atoms with Gasteiger partial charge < -0.3 is 10.1 Å². The van der Waals surface area contributed by atoms with E-state index in [1.807, 2.05) is 19.2 Å². The third-order valence-electron chi connectivity index (χ3n) is 3.97. The van der Waals surface area contributed by atoms with Crippen LogP contribution in [0.1, 0.15) is 16.3 Å². The van der Waals surface area contributed by atoms with E-state index >= 15 is 0 Å². The third-order valence-corrected chi connectivity index (χ3v) is 6.71. The maximum atomic E-state index is 11.8. The van der Waals surface area contributed by atoms with E-state index in [0.29, 0.717) is 29.6 Å². The minimum absolute atomic E-state index is 0.0648. The van der Waals surface area contributed by atoms with Gasteiger partial charge in [0, 0.05) is 17.4 Å². The van der Waals surface area contributed by atoms with Crippen LogP contribution in [-0.4, -0.2) is 25.0 Å². The summed E-state index contributed by atoms with van der Waals surface area (Å²) in [7, 11) is -3.80. The number of hydrogen-bond acceptors (Lipinski definition) is 8. The van der Waals surface area contributed by atoms with Crippen LogP contribution >= 0.6 is 22.7 Å². The standard InChI is InChI=1S/C16H16N4O3S3/c1-8-15(25-9(2)18-8)13-7-24-16(20-13)19-12-6-11(26(17,21)22)5-10-3-4-23-14(10)12/h5-7H,3-4H2,1-2H3,(H,19,20)(H2,17,21,22). The molecular weight excluding hydrogens is 392 g/mol. The van der Waals surface area contributed by atoms with E-state index in [1.165, 1.54) is 17.4 Å². The second kappa shape index (κ2) is 6.31. The second-order valence-electron chi connectivity index (χ2n) is 5.91. The van der Waals surface area contributed by atoms with Crippen LogP contribution in [0.4, 0.5) is 10.8 Å². The fraction of sp³-hybridized carbons (Fsp3) is 0.250. The van der Waals surface area contributed by atoms with Gasteiger partial charge >= 0.3 is 0 Å². The van der Waals surface area contributed by atoms with Gasteiger partial charge in [-0.1, -0.05) is 0 Å². The normalized spacial score (nSPS) is 13.5. The first kappa shape index (κ1) is 17.4. The highest BCUT2D eigenvalue weighted by molar-refractivity contribution is 7.89. The number of benzene rings is 1. The minimum Gasteiger partial charge on any atom is -0.491 e. The van der Waals surface area contributed by atoms with Gasteiger partial charge in [0.1, 0.15) is 5.75 Å². The summed E-state index contributed by atoms with van der Waals surface area (Å²) < 4.78 is 29.2. The van der Waals surface area contributed by atoms with Crippen LogP contribution < -0.4 is 15.2 Å². The summed E-state index contributed by atoms with van der Waals surface area (Å²) in [5.41, 5.74) is 3.18. The average molecular weight is 409 g/mol. The molecule has 7 nitrogen and oxygen atoms in total. The molecule has 26 heavy (non-hydrogen) atoms. The number of fused-ring (bicyclic) bond motifs is 1. The molecule has 0 saturated heterocycles. The van der Waals surface area contributed by atoms with Gasteiger partial charge in [0.15, 0.2) is 5.13 Å². The van der Waals surface area contributed by atoms with Gasteiger partial charge in [-0.25, -0.2) is 23.5 Å². The molecule has 0 bridgehead atoms. The summed E-state index contributed by atoms with van der Waals surface area (Å²) in [6.45, 7) is 4.44. The molecular formula is C16H16N4O3S3. The van der Waals surface area contributed by atoms with Crippen LogP contribution in [0, 0.1) is 13.8 Å². The lowest BCUT2D eigenvalue weighted by atomic mass is 10.1. The first-order valence-electron chi connectivity index (χ1n) is 7.81. The summed E-state index contributed by atoms with van der Waals surface area (Å²) in [5.74, 6) is 0.652. The highest BCUT2D eigenvalue weighted by Gasteiger charge is 2.22. The number of nitrogens with one attached hydrogen (secondary N) is 1. The zero-order valence-electron chi connectivity index (χ0n) is 14.1. The minimum atomic E-state index is -3.80. The van der Waals surface area contributed by atoms with E-state index < -0.39 is 10.0 Å². The van der Waals surface area contributed by atoms with E-state index in [2.05, 4.69) is 15.3 Å². The molecule has 0 spiro atoms. The van der Waals surface area contributed by atoms with Crippen LogP contribution in [-0.2, 0) is 16.4 Å². The number of aryl methyl sites for hydroxylation is 2. The number of rotatable bonds is 4. The molecule has 3 aromatic rings. The molecule has 0 saturated carbocycles. The predicted octanol–water partition coefficient (Wildman–Crippen LogP) is 3.21. The van der Waals surface area contributed by atoms with Gasteiger partial charge in [-0.2, -0.15) is 0 Å². The molecule has 0 fully saturated rings. The Morgan fingerprint density at radius 1 is 1.27 bits per heavy atom. The van der Waals surface area contributed by atoms with Crippen LogP contribution in [0.15, 0.2) is 22.4 Å². The van der Waals surface area contributed by atoms with E-state index in [9.17, 15) is 8.42 Å². The maximum absolute atomic E-state index is 11.8. The van der Waals surface area contributed by atoms with Crippen molar-refractivity contribution in [3.8, 4) is 16.3 Å². The van der Waals surface area contributed by atoms with Gasteiger partial charge in [-0.3, -0.25) is 0 Å². The van der Waals surface area contributed by atoms with Crippen LogP contribution in [0.25, 0.3) is 10.6 Å². The number of nitrogens with two attached hydrogens (primary N) is 1. The number of ether oxygens (including phenoxy) is 1. The molecule has 0 aliphatic carbocycles. The smallest absolute Gasteiger partial charge is 0.238 e. The summed E-state index contributed by atoms with van der Waals surface area (Å²) in [6.07, 6.45) is 0.649. The van der Waals surface area contributed by atoms with Crippen LogP contribution in [0.5, 0.6) is 5.75 Å². The van der Waals surface area contributed by atoms with Gasteiger partial charge in [0.05, 0.1) is 38.5 Å². The summed E-state index contributed by atoms with van der Waals surface area (Å²) >= 11 is 3.03. The first-order valence-corrected chi connectivity index (χ1v) is 11.0. The second-order valence-corrected chi connectivity index (χ2v) is 9.54. The number of primary sulfonamides is 1. The van der Waals surface area contributed by atoms with E-state index in [-0.39, 0.29) is 4.90 Å². The fourth-order valence-corrected chi connectivity index (χ4v) is 5.11. The monoisotopic (exact) mass is 408 g/mol. The van der Waals surface area contributed by atoms with Gasteiger partial charge in [0.2, 0.25) is 10.0 Å². The van der Waals surface area contributed by atoms with E-state index in [0.717, 1.165) is 26.8 Å². The molecule has 1 aromatic carbocycles. The molecule has 0 unspecified atom stereocenters. The Morgan fingerprint density at radius 2 is 2.08 bits per heavy atom. The van der Waals surface area contributed by atoms with Crippen LogP contribution in [0.2, 0.25) is 0 Å². The molecule has 0 radical (unpaired) electrons. The van der Waals surface area contributed by atoms with Crippen molar-refractivity contribution < 1.29 is 13.2 Å². The van der Waals surface area contributed by atoms with Crippen LogP contribution in [0.3, 0.4) is 0 Å². The molecule has 4 rings (SSSR count). The number of sulfonamides is 1. The number of hydrogen-bond donors (Lipinski definition) is 2. The lowest BCUT2D eigenvalue weighted by Gasteiger charge is -2.10. The molecule has 3 heterocycles. The fourth-order valence-electron chi connectivity index (χ4n) is 2.86. The summed E-state index contributed by atoms with van der Waals surface area (Å²) in [5, 5.41) is 12.1. The number of anilines is 2. The summed E-state index contributed by atoms with van der Waals surface area (Å²) in [4.78, 5) is 10.1. The van der Waals surface area contributed by atoms with Crippen molar-refractivity contribution in [2.24, 2.45) is 5.14 Å². The SMILES string of the molecule is Cc1nc(C)c(-c2csc(Nc3cc(S(N)(=O)=O)cc4c3OCC4)n2)s1. The molecule has 3 N–H and O–H groups in total. The third kappa shape index (κ3) is 3.20. The maximum Gasteiger partial charge on any atom is 0.238 e. The predicted molar refractivity (Wildman–Crippen MR) is 103 cm³/mol. The Labute approximate surface area is 158 Å². The lowest BCUT2D eigenvalue weighted by Crippen LogP contribution is -2.12. The van der Waals surface area contributed by atoms with Crippen molar-refractivity contribution in [2.75, 3.05) is 11.9 Å². The van der Waals surface area contributed by atoms with Crippen molar-refractivity contribution in [2.45, 2.75) is 25.2 Å². The Kier molecular flexibility index (Phi) is 4.22. The molecule has 1 aliphatic heterocycles. The number of aromatic nitrogens is 2. The molecule has 1 aliphatic rings. The number of thiazole rings is 2. The van der Waals surface area contributed by atoms with E-state index in [1.54, 1.807) is 17.4 Å². The lowest BCUT2D eigenvalue weighted by molar-refractivity contribution is 0.358. The molecule has 0 atom stereocenters. The van der Waals surface area contributed by atoms with Gasteiger partial charge in [0.25, 0.3) is 0 Å². The Morgan fingerprint density at radius 3 is 2.77 bits per heavy atom. The Hall–Kier alpha value is -2.01. The van der Waals surface area contributed by atoms with Gasteiger partial charge in [-0.05, 0) is 26.0 Å². The van der Waals surface area contributed by atoms with E-state index in [4.69, 9.17) is 9.88 Å². The van der Waals surface area contributed by atoms with Crippen molar-refractivity contribution in [3.63, 3.8) is 0 Å². The molecule has 2 aromatic heterocycles. The number of nitrogens with zero attached hydrogens (tertiary/aromatic N) is 2. The van der Waals surface area contributed by atoms with Crippen molar-refractivity contribution >= 4 is 43.5 Å². The molecule has 10 heteroatoms. The van der Waals surface area contributed by atoms with Gasteiger partial charge in [-0.15, -0.1) is 22.7 Å². The first-order chi connectivity index (χ1) is 12.3. The van der Waals surface area contributed by atoms with Crippen molar-refractivity contribution in [1.82, 2.24) is 9.97 Å². The molecule has 0 amide bonds. The Bertz CT molecular complexity index is 1100. The quantitative estimate of drug-likeness (QED) is 0.686. The van der Waals surface area contributed by atoms with Crippen molar-refractivity contribution in [3.05, 3.63) is 33.8 Å². The zero-order valence-corrected chi connectivity index (χ0v) is 16.5. The average Bonchev–Trinajstić information content (AvgIpc) is 3.26. The van der Waals surface area contributed by atoms with Crippen molar-refractivity contribution in [1.29, 1.82) is 0 Å². The molecule has 136 valence electrons. The largest absolute Gasteiger partial charge is 0.491 e. The zero-order chi connectivity index (χ0) is 18.5. The summed E-state index contributed by atoms with van der Waals surface area (Å²) in [6, 6.07) is 3.06. The highest BCUT2D eigenvalue weighted by Crippen LogP contribution is 2.39. The Balaban J connectivity index is 1.70. The topological polar surface area (TPSA) is 107 Å².